The summed E-state index contributed by atoms with van der Waals surface area (Å²) in [5.74, 6) is -0.359. The van der Waals surface area contributed by atoms with Crippen LogP contribution in [0.4, 0.5) is 0 Å². The van der Waals surface area contributed by atoms with Crippen LogP contribution in [0.3, 0.4) is 0 Å². The fourth-order valence-electron chi connectivity index (χ4n) is 1.10. The van der Waals surface area contributed by atoms with E-state index in [9.17, 15) is 9.90 Å². The van der Waals surface area contributed by atoms with Gasteiger partial charge in [0.15, 0.2) is 0 Å². The first kappa shape index (κ1) is 7.73. The third kappa shape index (κ3) is 1.24. The molecular formula is C10H7NO2. The van der Waals surface area contributed by atoms with Crippen molar-refractivity contribution >= 4 is 17.9 Å². The Morgan fingerprint density at radius 3 is 2.38 bits per heavy atom. The molecule has 13 heavy (non-hydrogen) atoms. The van der Waals surface area contributed by atoms with Gasteiger partial charge in [0.2, 0.25) is 0 Å². The van der Waals surface area contributed by atoms with Gasteiger partial charge < -0.3 is 5.11 Å². The van der Waals surface area contributed by atoms with Crippen molar-refractivity contribution in [2.45, 2.75) is 0 Å². The molecule has 64 valence electrons. The summed E-state index contributed by atoms with van der Waals surface area (Å²) < 4.78 is 0. The van der Waals surface area contributed by atoms with Crippen LogP contribution in [0, 0.1) is 0 Å². The number of hydrogen-bond donors (Lipinski definition) is 1. The van der Waals surface area contributed by atoms with Crippen LogP contribution in [0.25, 0.3) is 5.76 Å². The minimum absolute atomic E-state index is 0.000556. The molecule has 0 atom stereocenters. The molecule has 1 heterocycles. The Morgan fingerprint density at radius 1 is 1.23 bits per heavy atom. The van der Waals surface area contributed by atoms with Crippen molar-refractivity contribution in [3.05, 3.63) is 41.5 Å². The minimum atomic E-state index is -0.360. The smallest absolute Gasteiger partial charge is 0.282 e. The molecule has 2 rings (SSSR count). The van der Waals surface area contributed by atoms with Crippen LogP contribution in [0.1, 0.15) is 5.56 Å². The van der Waals surface area contributed by atoms with Crippen molar-refractivity contribution in [2.24, 2.45) is 4.99 Å². The Bertz CT molecular complexity index is 404. The summed E-state index contributed by atoms with van der Waals surface area (Å²) in [7, 11) is 0. The van der Waals surface area contributed by atoms with E-state index in [1.165, 1.54) is 6.21 Å². The minimum Gasteiger partial charge on any atom is -0.506 e. The van der Waals surface area contributed by atoms with E-state index in [-0.39, 0.29) is 17.2 Å². The molecule has 0 radical (unpaired) electrons. The zero-order chi connectivity index (χ0) is 9.26. The second kappa shape index (κ2) is 2.86. The third-order valence-corrected chi connectivity index (χ3v) is 1.84. The Morgan fingerprint density at radius 2 is 1.92 bits per heavy atom. The van der Waals surface area contributed by atoms with E-state index in [1.54, 1.807) is 24.3 Å². The summed E-state index contributed by atoms with van der Waals surface area (Å²) >= 11 is 0. The standard InChI is InChI=1S/C10H7NO2/c12-9(8-6-11-10(8)13)7-4-2-1-3-5-7/h1-6,12H. The number of aliphatic hydroxyl groups excluding tert-OH is 1. The van der Waals surface area contributed by atoms with Crippen LogP contribution < -0.4 is 0 Å². The number of hydrogen-bond acceptors (Lipinski definition) is 2. The van der Waals surface area contributed by atoms with Gasteiger partial charge in [-0.3, -0.25) is 4.79 Å². The summed E-state index contributed by atoms with van der Waals surface area (Å²) in [6.45, 7) is 0. The molecule has 1 amide bonds. The van der Waals surface area contributed by atoms with Gasteiger partial charge in [-0.15, -0.1) is 0 Å². The van der Waals surface area contributed by atoms with E-state index in [0.29, 0.717) is 5.56 Å². The Balaban J connectivity index is 2.44. The molecule has 1 aliphatic heterocycles. The van der Waals surface area contributed by atoms with Crippen LogP contribution in [0.15, 0.2) is 40.9 Å². The summed E-state index contributed by atoms with van der Waals surface area (Å²) in [6, 6.07) is 8.92. The lowest BCUT2D eigenvalue weighted by Crippen LogP contribution is -2.13. The van der Waals surface area contributed by atoms with Crippen molar-refractivity contribution in [1.82, 2.24) is 0 Å². The van der Waals surface area contributed by atoms with Crippen molar-refractivity contribution in [2.75, 3.05) is 0 Å². The molecule has 1 aromatic carbocycles. The average Bonchev–Trinajstić information content (AvgIpc) is 2.17. The van der Waals surface area contributed by atoms with Gasteiger partial charge in [-0.1, -0.05) is 30.3 Å². The first-order chi connectivity index (χ1) is 6.29. The normalized spacial score (nSPS) is 18.3. The monoisotopic (exact) mass is 173 g/mol. The molecule has 0 saturated carbocycles. The predicted molar refractivity (Wildman–Crippen MR) is 49.5 cm³/mol. The molecule has 1 aromatic rings. The maximum atomic E-state index is 10.8. The van der Waals surface area contributed by atoms with Crippen LogP contribution in [0.2, 0.25) is 0 Å². The summed E-state index contributed by atoms with van der Waals surface area (Å²) in [5.41, 5.74) is 0.920. The number of nitrogens with zero attached hydrogens (tertiary/aromatic N) is 1. The largest absolute Gasteiger partial charge is 0.506 e. The van der Waals surface area contributed by atoms with Crippen molar-refractivity contribution in [3.8, 4) is 0 Å². The number of benzene rings is 1. The first-order valence-electron chi connectivity index (χ1n) is 3.86. The Labute approximate surface area is 75.0 Å². The zero-order valence-electron chi connectivity index (χ0n) is 6.77. The topological polar surface area (TPSA) is 49.7 Å². The second-order valence-electron chi connectivity index (χ2n) is 2.69. The number of amides is 1. The molecule has 0 fully saturated rings. The fraction of sp³-hybridized carbons (Fsp3) is 0. The fourth-order valence-corrected chi connectivity index (χ4v) is 1.10. The predicted octanol–water partition coefficient (Wildman–Crippen LogP) is 1.57. The molecule has 0 spiro atoms. The molecule has 1 N–H and O–H groups in total. The van der Waals surface area contributed by atoms with Crippen molar-refractivity contribution in [1.29, 1.82) is 0 Å². The zero-order valence-corrected chi connectivity index (χ0v) is 6.77. The average molecular weight is 173 g/mol. The summed E-state index contributed by atoms with van der Waals surface area (Å²) in [6.07, 6.45) is 1.37. The molecule has 1 aliphatic rings. The lowest BCUT2D eigenvalue weighted by molar-refractivity contribution is -0.114. The van der Waals surface area contributed by atoms with Gasteiger partial charge in [-0.25, -0.2) is 4.99 Å². The highest BCUT2D eigenvalue weighted by atomic mass is 16.3. The van der Waals surface area contributed by atoms with Gasteiger partial charge in [0.05, 0.1) is 0 Å². The van der Waals surface area contributed by atoms with E-state index in [4.69, 9.17) is 0 Å². The van der Waals surface area contributed by atoms with Crippen LogP contribution in [0.5, 0.6) is 0 Å². The Kier molecular flexibility index (Phi) is 1.70. The lowest BCUT2D eigenvalue weighted by Gasteiger charge is -2.08. The highest BCUT2D eigenvalue weighted by molar-refractivity contribution is 6.28. The van der Waals surface area contributed by atoms with Gasteiger partial charge in [-0.2, -0.15) is 0 Å². The highest BCUT2D eigenvalue weighted by Crippen LogP contribution is 2.18. The van der Waals surface area contributed by atoms with Crippen molar-refractivity contribution in [3.63, 3.8) is 0 Å². The van der Waals surface area contributed by atoms with E-state index in [2.05, 4.69) is 4.99 Å². The highest BCUT2D eigenvalue weighted by Gasteiger charge is 2.20. The van der Waals surface area contributed by atoms with Crippen LogP contribution in [-0.4, -0.2) is 17.2 Å². The molecule has 0 bridgehead atoms. The summed E-state index contributed by atoms with van der Waals surface area (Å²) in [5, 5.41) is 9.58. The SMILES string of the molecule is O=C1N=CC1=C(O)c1ccccc1. The van der Waals surface area contributed by atoms with Crippen molar-refractivity contribution < 1.29 is 9.90 Å². The molecule has 3 nitrogen and oxygen atoms in total. The number of aliphatic hydroxyl groups is 1. The molecule has 0 aromatic heterocycles. The van der Waals surface area contributed by atoms with Gasteiger partial charge >= 0.3 is 0 Å². The maximum absolute atomic E-state index is 10.8. The number of aliphatic imine (C=N–C) groups is 1. The van der Waals surface area contributed by atoms with Gasteiger partial charge in [0.25, 0.3) is 5.91 Å². The van der Waals surface area contributed by atoms with Gasteiger partial charge in [-0.05, 0) is 0 Å². The third-order valence-electron chi connectivity index (χ3n) is 1.84. The van der Waals surface area contributed by atoms with E-state index in [1.807, 2.05) is 6.07 Å². The Hall–Kier alpha value is -1.90. The quantitative estimate of drug-likeness (QED) is 0.517. The van der Waals surface area contributed by atoms with E-state index >= 15 is 0 Å². The molecule has 0 aliphatic carbocycles. The molecule has 0 unspecified atom stereocenters. The van der Waals surface area contributed by atoms with Crippen LogP contribution in [-0.2, 0) is 4.79 Å². The van der Waals surface area contributed by atoms with Crippen LogP contribution >= 0.6 is 0 Å². The number of carbonyl (C=O) groups is 1. The van der Waals surface area contributed by atoms with E-state index < -0.39 is 0 Å². The van der Waals surface area contributed by atoms with Gasteiger partial charge in [0.1, 0.15) is 11.3 Å². The molecule has 0 saturated heterocycles. The maximum Gasteiger partial charge on any atom is 0.282 e. The molecule has 3 heteroatoms. The van der Waals surface area contributed by atoms with Gasteiger partial charge in [0, 0.05) is 11.8 Å². The number of carbonyl (C=O) groups excluding carboxylic acids is 1. The summed E-state index contributed by atoms with van der Waals surface area (Å²) in [4.78, 5) is 14.2. The van der Waals surface area contributed by atoms with E-state index in [0.717, 1.165) is 0 Å². The lowest BCUT2D eigenvalue weighted by atomic mass is 10.1. The molecular weight excluding hydrogens is 166 g/mol. The first-order valence-corrected chi connectivity index (χ1v) is 3.86. The number of rotatable bonds is 1. The second-order valence-corrected chi connectivity index (χ2v) is 2.69.